The van der Waals surface area contributed by atoms with Gasteiger partial charge in [0.1, 0.15) is 11.2 Å². The minimum Gasteiger partial charge on any atom is -0.452 e. The van der Waals surface area contributed by atoms with Crippen molar-refractivity contribution in [2.45, 2.75) is 0 Å². The third-order valence-corrected chi connectivity index (χ3v) is 7.91. The molecule has 40 heavy (non-hydrogen) atoms. The summed E-state index contributed by atoms with van der Waals surface area (Å²) in [6.07, 6.45) is 1.82. The van der Waals surface area contributed by atoms with Crippen LogP contribution >= 0.6 is 0 Å². The summed E-state index contributed by atoms with van der Waals surface area (Å²) in [7, 11) is 0. The second-order valence-electron chi connectivity index (χ2n) is 10.2. The van der Waals surface area contributed by atoms with E-state index in [2.05, 4.69) is 96.0 Å². The molecule has 9 rings (SSSR count). The molecule has 0 aliphatic rings. The van der Waals surface area contributed by atoms with Crippen molar-refractivity contribution in [1.29, 1.82) is 0 Å². The Bertz CT molecular complexity index is 2430. The van der Waals surface area contributed by atoms with E-state index in [0.29, 0.717) is 0 Å². The van der Waals surface area contributed by atoms with Gasteiger partial charge in [0, 0.05) is 44.1 Å². The molecule has 186 valence electrons. The molecule has 0 aliphatic carbocycles. The summed E-state index contributed by atoms with van der Waals surface area (Å²) in [6, 6.07) is 39.7. The topological polar surface area (TPSA) is 52.1 Å². The Morgan fingerprint density at radius 2 is 1.10 bits per heavy atom. The predicted molar refractivity (Wildman–Crippen MR) is 162 cm³/mol. The van der Waals surface area contributed by atoms with Gasteiger partial charge in [-0.15, -0.1) is 0 Å². The van der Waals surface area contributed by atoms with Crippen LogP contribution in [0.4, 0.5) is 0 Å². The van der Waals surface area contributed by atoms with E-state index in [0.717, 1.165) is 82.5 Å². The average Bonchev–Trinajstić information content (AvgIpc) is 3.59. The molecule has 0 unspecified atom stereocenters. The third-order valence-electron chi connectivity index (χ3n) is 7.91. The van der Waals surface area contributed by atoms with Crippen LogP contribution < -0.4 is 0 Å². The second kappa shape index (κ2) is 8.01. The molecular weight excluding hydrogens is 492 g/mol. The molecule has 0 saturated carbocycles. The van der Waals surface area contributed by atoms with Crippen molar-refractivity contribution in [3.8, 4) is 22.4 Å². The van der Waals surface area contributed by atoms with Gasteiger partial charge in [0.05, 0.1) is 16.7 Å². The van der Waals surface area contributed by atoms with E-state index in [-0.39, 0.29) is 0 Å². The molecule has 4 aromatic heterocycles. The van der Waals surface area contributed by atoms with Gasteiger partial charge in [0.2, 0.25) is 0 Å². The maximum Gasteiger partial charge on any atom is 0.178 e. The summed E-state index contributed by atoms with van der Waals surface area (Å²) in [5, 5.41) is 6.36. The van der Waals surface area contributed by atoms with E-state index < -0.39 is 0 Å². The van der Waals surface area contributed by atoms with E-state index >= 15 is 0 Å². The van der Waals surface area contributed by atoms with Gasteiger partial charge in [-0.25, -0.2) is 4.98 Å². The molecule has 4 heterocycles. The van der Waals surface area contributed by atoms with E-state index in [1.165, 1.54) is 5.56 Å². The highest BCUT2D eigenvalue weighted by Crippen LogP contribution is 2.40. The maximum absolute atomic E-state index is 6.40. The first-order chi connectivity index (χ1) is 19.8. The maximum atomic E-state index is 6.40. The van der Waals surface area contributed by atoms with Crippen LogP contribution in [0.2, 0.25) is 0 Å². The fourth-order valence-electron chi connectivity index (χ4n) is 5.92. The normalized spacial score (nSPS) is 12.0. The lowest BCUT2D eigenvalue weighted by atomic mass is 10.0. The van der Waals surface area contributed by atoms with Gasteiger partial charge < -0.3 is 8.83 Å². The summed E-state index contributed by atoms with van der Waals surface area (Å²) in [5.41, 5.74) is 9.32. The summed E-state index contributed by atoms with van der Waals surface area (Å²) >= 11 is 0. The highest BCUT2D eigenvalue weighted by atomic mass is 16.4. The Balaban J connectivity index is 1.22. The Kier molecular flexibility index (Phi) is 4.30. The number of rotatable bonds is 2. The average molecular weight is 513 g/mol. The molecule has 9 aromatic rings. The monoisotopic (exact) mass is 512 g/mol. The SMILES string of the molecule is c1ccc(-c2ccc3oc4c(ccc5c6cc(-c7ccc8ccc9cccnc9c8n7)ccc6oc54)c3c2)cc1. The van der Waals surface area contributed by atoms with E-state index in [4.69, 9.17) is 13.8 Å². The quantitative estimate of drug-likeness (QED) is 0.216. The Labute approximate surface area is 228 Å². The molecule has 5 aromatic carbocycles. The molecule has 0 fully saturated rings. The predicted octanol–water partition coefficient (Wildman–Crippen LogP) is 9.92. The van der Waals surface area contributed by atoms with Crippen LogP contribution in [0.25, 0.3) is 88.1 Å². The highest BCUT2D eigenvalue weighted by molar-refractivity contribution is 6.19. The van der Waals surface area contributed by atoms with Gasteiger partial charge in [-0.05, 0) is 65.7 Å². The molecule has 0 aliphatic heterocycles. The molecule has 0 amide bonds. The standard InChI is InChI=1S/C36H20N2O2/c1-2-5-21(6-3-1)24-11-16-31-28(19-24)26-13-14-27-29-20-25(12-17-32(29)40-36(27)35(26)39-31)30-15-10-23-9-8-22-7-4-18-37-33(22)34(23)38-30/h1-20H. The van der Waals surface area contributed by atoms with E-state index in [9.17, 15) is 0 Å². The number of pyridine rings is 2. The Hall–Kier alpha value is -5.48. The number of benzene rings is 5. The van der Waals surface area contributed by atoms with Gasteiger partial charge in [-0.1, -0.05) is 60.7 Å². The largest absolute Gasteiger partial charge is 0.452 e. The molecule has 4 nitrogen and oxygen atoms in total. The zero-order valence-corrected chi connectivity index (χ0v) is 21.3. The fourth-order valence-corrected chi connectivity index (χ4v) is 5.92. The van der Waals surface area contributed by atoms with Crippen LogP contribution in [0.1, 0.15) is 0 Å². The number of furan rings is 2. The fraction of sp³-hybridized carbons (Fsp3) is 0. The molecule has 0 spiro atoms. The van der Waals surface area contributed by atoms with Crippen molar-refractivity contribution in [2.75, 3.05) is 0 Å². The molecule has 0 N–H and O–H groups in total. The number of hydrogen-bond donors (Lipinski definition) is 0. The van der Waals surface area contributed by atoms with Crippen LogP contribution in [-0.2, 0) is 0 Å². The van der Waals surface area contributed by atoms with Crippen molar-refractivity contribution in [1.82, 2.24) is 9.97 Å². The van der Waals surface area contributed by atoms with Crippen molar-refractivity contribution >= 4 is 65.7 Å². The van der Waals surface area contributed by atoms with Crippen LogP contribution in [0.15, 0.2) is 130 Å². The van der Waals surface area contributed by atoms with Crippen molar-refractivity contribution in [3.63, 3.8) is 0 Å². The van der Waals surface area contributed by atoms with E-state index in [1.807, 2.05) is 30.5 Å². The van der Waals surface area contributed by atoms with Crippen molar-refractivity contribution < 1.29 is 8.83 Å². The Morgan fingerprint density at radius 1 is 0.450 bits per heavy atom. The van der Waals surface area contributed by atoms with Crippen LogP contribution in [0.3, 0.4) is 0 Å². The smallest absolute Gasteiger partial charge is 0.178 e. The van der Waals surface area contributed by atoms with Crippen LogP contribution in [0, 0.1) is 0 Å². The van der Waals surface area contributed by atoms with Crippen LogP contribution in [-0.4, -0.2) is 9.97 Å². The molecular formula is C36H20N2O2. The second-order valence-corrected chi connectivity index (χ2v) is 10.2. The van der Waals surface area contributed by atoms with Gasteiger partial charge >= 0.3 is 0 Å². The number of aromatic nitrogens is 2. The zero-order chi connectivity index (χ0) is 26.2. The van der Waals surface area contributed by atoms with E-state index in [1.54, 1.807) is 0 Å². The lowest BCUT2D eigenvalue weighted by molar-refractivity contribution is 0.633. The first kappa shape index (κ1) is 21.5. The summed E-state index contributed by atoms with van der Waals surface area (Å²) < 4.78 is 12.8. The number of fused-ring (bicyclic) bond motifs is 10. The highest BCUT2D eigenvalue weighted by Gasteiger charge is 2.17. The third kappa shape index (κ3) is 3.07. The lowest BCUT2D eigenvalue weighted by Gasteiger charge is -2.06. The number of hydrogen-bond acceptors (Lipinski definition) is 4. The first-order valence-electron chi connectivity index (χ1n) is 13.3. The summed E-state index contributed by atoms with van der Waals surface area (Å²) in [5.74, 6) is 0. The van der Waals surface area contributed by atoms with Crippen molar-refractivity contribution in [2.24, 2.45) is 0 Å². The Morgan fingerprint density at radius 3 is 1.85 bits per heavy atom. The molecule has 0 radical (unpaired) electrons. The molecule has 0 saturated heterocycles. The van der Waals surface area contributed by atoms with Crippen molar-refractivity contribution in [3.05, 3.63) is 121 Å². The van der Waals surface area contributed by atoms with Gasteiger partial charge in [-0.3, -0.25) is 4.98 Å². The molecule has 4 heteroatoms. The minimum absolute atomic E-state index is 0.767. The molecule has 0 atom stereocenters. The first-order valence-corrected chi connectivity index (χ1v) is 13.3. The van der Waals surface area contributed by atoms with Gasteiger partial charge in [-0.2, -0.15) is 0 Å². The summed E-state index contributed by atoms with van der Waals surface area (Å²) in [4.78, 5) is 9.65. The number of nitrogens with zero attached hydrogens (tertiary/aromatic N) is 2. The van der Waals surface area contributed by atoms with Gasteiger partial charge in [0.15, 0.2) is 11.2 Å². The van der Waals surface area contributed by atoms with Crippen LogP contribution in [0.5, 0.6) is 0 Å². The van der Waals surface area contributed by atoms with Gasteiger partial charge in [0.25, 0.3) is 0 Å². The minimum atomic E-state index is 0.767. The zero-order valence-electron chi connectivity index (χ0n) is 21.3. The lowest BCUT2D eigenvalue weighted by Crippen LogP contribution is -1.88. The summed E-state index contributed by atoms with van der Waals surface area (Å²) in [6.45, 7) is 0. The molecule has 0 bridgehead atoms.